The van der Waals surface area contributed by atoms with Gasteiger partial charge in [-0.1, -0.05) is 12.1 Å². The Bertz CT molecular complexity index is 579. The fourth-order valence-corrected chi connectivity index (χ4v) is 2.29. The second kappa shape index (κ2) is 4.69. The smallest absolute Gasteiger partial charge is 0.135 e. The van der Waals surface area contributed by atoms with Crippen molar-refractivity contribution in [2.45, 2.75) is 25.7 Å². The topological polar surface area (TPSA) is 37.8 Å². The van der Waals surface area contributed by atoms with Crippen molar-refractivity contribution in [1.29, 1.82) is 0 Å². The molecule has 1 saturated carbocycles. The fraction of sp³-hybridized carbons (Fsp3) is 0.286. The number of halogens is 1. The lowest BCUT2D eigenvalue weighted by molar-refractivity contribution is 0.919. The maximum Gasteiger partial charge on any atom is 0.135 e. The van der Waals surface area contributed by atoms with Crippen LogP contribution in [0.5, 0.6) is 0 Å². The zero-order valence-electron chi connectivity index (χ0n) is 10.2. The van der Waals surface area contributed by atoms with Crippen LogP contribution in [-0.4, -0.2) is 9.97 Å². The molecule has 1 heterocycles. The van der Waals surface area contributed by atoms with Crippen molar-refractivity contribution in [3.63, 3.8) is 0 Å². The van der Waals surface area contributed by atoms with Crippen molar-refractivity contribution < 1.29 is 0 Å². The molecule has 0 aliphatic heterocycles. The summed E-state index contributed by atoms with van der Waals surface area (Å²) in [5, 5.41) is 3.33. The highest BCUT2D eigenvalue weighted by atomic mass is 79.9. The van der Waals surface area contributed by atoms with Gasteiger partial charge in [0.25, 0.3) is 0 Å². The van der Waals surface area contributed by atoms with E-state index < -0.39 is 0 Å². The molecule has 4 heteroatoms. The van der Waals surface area contributed by atoms with Crippen LogP contribution in [0.1, 0.15) is 30.1 Å². The number of anilines is 2. The minimum atomic E-state index is 0.556. The van der Waals surface area contributed by atoms with Crippen molar-refractivity contribution in [3.8, 4) is 0 Å². The van der Waals surface area contributed by atoms with Crippen molar-refractivity contribution in [1.82, 2.24) is 9.97 Å². The highest BCUT2D eigenvalue weighted by Gasteiger charge is 2.27. The van der Waals surface area contributed by atoms with E-state index in [9.17, 15) is 0 Å². The molecule has 3 nitrogen and oxygen atoms in total. The molecule has 1 N–H and O–H groups in total. The van der Waals surface area contributed by atoms with Gasteiger partial charge in [-0.25, -0.2) is 9.97 Å². The average Bonchev–Trinajstić information content (AvgIpc) is 3.11. The standard InChI is InChI=1S/C14H14BrN3/c1-9-3-2-4-11(7-9)16-13-8-12(15)17-14(18-13)10-5-6-10/h2-4,7-8,10H,5-6H2,1H3,(H,16,17,18). The third-order valence-electron chi connectivity index (χ3n) is 2.95. The first-order valence-corrected chi connectivity index (χ1v) is 6.88. The predicted octanol–water partition coefficient (Wildman–Crippen LogP) is 4.17. The minimum Gasteiger partial charge on any atom is -0.340 e. The molecule has 1 aromatic carbocycles. The Balaban J connectivity index is 1.87. The maximum absolute atomic E-state index is 4.57. The molecule has 0 saturated heterocycles. The number of benzene rings is 1. The lowest BCUT2D eigenvalue weighted by atomic mass is 10.2. The zero-order valence-corrected chi connectivity index (χ0v) is 11.7. The van der Waals surface area contributed by atoms with E-state index >= 15 is 0 Å². The van der Waals surface area contributed by atoms with Gasteiger partial charge in [0.15, 0.2) is 0 Å². The molecule has 0 unspecified atom stereocenters. The lowest BCUT2D eigenvalue weighted by Gasteiger charge is -2.08. The molecule has 92 valence electrons. The Labute approximate surface area is 115 Å². The Morgan fingerprint density at radius 3 is 2.78 bits per heavy atom. The summed E-state index contributed by atoms with van der Waals surface area (Å²) in [4.78, 5) is 8.99. The Kier molecular flexibility index (Phi) is 3.04. The van der Waals surface area contributed by atoms with Crippen molar-refractivity contribution in [3.05, 3.63) is 46.3 Å². The lowest BCUT2D eigenvalue weighted by Crippen LogP contribution is -1.99. The summed E-state index contributed by atoms with van der Waals surface area (Å²) < 4.78 is 0.842. The SMILES string of the molecule is Cc1cccc(Nc2cc(Br)nc(C3CC3)n2)c1. The maximum atomic E-state index is 4.57. The molecule has 0 spiro atoms. The number of aromatic nitrogens is 2. The van der Waals surface area contributed by atoms with Crippen LogP contribution >= 0.6 is 15.9 Å². The van der Waals surface area contributed by atoms with E-state index in [4.69, 9.17) is 0 Å². The van der Waals surface area contributed by atoms with E-state index in [1.807, 2.05) is 18.2 Å². The minimum absolute atomic E-state index is 0.556. The van der Waals surface area contributed by atoms with Crippen LogP contribution in [0.4, 0.5) is 11.5 Å². The number of hydrogen-bond acceptors (Lipinski definition) is 3. The van der Waals surface area contributed by atoms with Crippen LogP contribution in [-0.2, 0) is 0 Å². The summed E-state index contributed by atoms with van der Waals surface area (Å²) in [6.45, 7) is 2.08. The zero-order chi connectivity index (χ0) is 12.5. The van der Waals surface area contributed by atoms with Crippen molar-refractivity contribution in [2.24, 2.45) is 0 Å². The second-order valence-corrected chi connectivity index (χ2v) is 5.52. The molecule has 0 amide bonds. The van der Waals surface area contributed by atoms with E-state index in [0.29, 0.717) is 5.92 Å². The van der Waals surface area contributed by atoms with Gasteiger partial charge in [0.1, 0.15) is 16.2 Å². The molecule has 1 aliphatic carbocycles. The molecule has 0 bridgehead atoms. The van der Waals surface area contributed by atoms with Crippen LogP contribution in [0, 0.1) is 6.92 Å². The van der Waals surface area contributed by atoms with E-state index in [-0.39, 0.29) is 0 Å². The van der Waals surface area contributed by atoms with Gasteiger partial charge in [0, 0.05) is 17.7 Å². The van der Waals surface area contributed by atoms with E-state index in [1.54, 1.807) is 0 Å². The summed E-state index contributed by atoms with van der Waals surface area (Å²) in [6.07, 6.45) is 2.42. The van der Waals surface area contributed by atoms with Crippen LogP contribution in [0.25, 0.3) is 0 Å². The molecule has 2 aromatic rings. The summed E-state index contributed by atoms with van der Waals surface area (Å²) >= 11 is 3.45. The number of nitrogens with zero attached hydrogens (tertiary/aromatic N) is 2. The number of hydrogen-bond donors (Lipinski definition) is 1. The molecular weight excluding hydrogens is 290 g/mol. The molecule has 0 radical (unpaired) electrons. The molecular formula is C14H14BrN3. The van der Waals surface area contributed by atoms with Gasteiger partial charge in [0.2, 0.25) is 0 Å². The second-order valence-electron chi connectivity index (χ2n) is 4.70. The summed E-state index contributed by atoms with van der Waals surface area (Å²) in [7, 11) is 0. The average molecular weight is 304 g/mol. The van der Waals surface area contributed by atoms with Crippen molar-refractivity contribution in [2.75, 3.05) is 5.32 Å². The van der Waals surface area contributed by atoms with Gasteiger partial charge < -0.3 is 5.32 Å². The van der Waals surface area contributed by atoms with Gasteiger partial charge in [-0.05, 0) is 53.4 Å². The third-order valence-corrected chi connectivity index (χ3v) is 3.35. The molecule has 1 aliphatic rings. The van der Waals surface area contributed by atoms with E-state index in [1.165, 1.54) is 18.4 Å². The van der Waals surface area contributed by atoms with Gasteiger partial charge in [-0.2, -0.15) is 0 Å². The van der Waals surface area contributed by atoms with Crippen LogP contribution in [0.3, 0.4) is 0 Å². The monoisotopic (exact) mass is 303 g/mol. The molecule has 1 aromatic heterocycles. The quantitative estimate of drug-likeness (QED) is 0.865. The van der Waals surface area contributed by atoms with Crippen LogP contribution < -0.4 is 5.32 Å². The summed E-state index contributed by atoms with van der Waals surface area (Å²) in [5.74, 6) is 2.35. The third kappa shape index (κ3) is 2.70. The Morgan fingerprint density at radius 1 is 1.22 bits per heavy atom. The largest absolute Gasteiger partial charge is 0.340 e. The fourth-order valence-electron chi connectivity index (χ4n) is 1.89. The van der Waals surface area contributed by atoms with Crippen LogP contribution in [0.15, 0.2) is 34.9 Å². The highest BCUT2D eigenvalue weighted by Crippen LogP contribution is 2.39. The molecule has 0 atom stereocenters. The van der Waals surface area contributed by atoms with Gasteiger partial charge in [-0.15, -0.1) is 0 Å². The van der Waals surface area contributed by atoms with Crippen LogP contribution in [0.2, 0.25) is 0 Å². The van der Waals surface area contributed by atoms with E-state index in [0.717, 1.165) is 21.9 Å². The highest BCUT2D eigenvalue weighted by molar-refractivity contribution is 9.10. The first-order valence-electron chi connectivity index (χ1n) is 6.09. The van der Waals surface area contributed by atoms with Gasteiger partial charge in [-0.3, -0.25) is 0 Å². The molecule has 18 heavy (non-hydrogen) atoms. The molecule has 1 fully saturated rings. The summed E-state index contributed by atoms with van der Waals surface area (Å²) in [5.41, 5.74) is 2.29. The van der Waals surface area contributed by atoms with Crippen molar-refractivity contribution >= 4 is 27.4 Å². The van der Waals surface area contributed by atoms with E-state index in [2.05, 4.69) is 50.3 Å². The van der Waals surface area contributed by atoms with Gasteiger partial charge >= 0.3 is 0 Å². The number of nitrogens with one attached hydrogen (secondary N) is 1. The summed E-state index contributed by atoms with van der Waals surface area (Å²) in [6, 6.07) is 10.2. The number of aryl methyl sites for hydroxylation is 1. The Morgan fingerprint density at radius 2 is 2.06 bits per heavy atom. The molecule has 3 rings (SSSR count). The Hall–Kier alpha value is -1.42. The normalized spacial score (nSPS) is 14.6. The first-order chi connectivity index (χ1) is 8.70. The first kappa shape index (κ1) is 11.7. The van der Waals surface area contributed by atoms with Gasteiger partial charge in [0.05, 0.1) is 0 Å². The number of rotatable bonds is 3. The predicted molar refractivity (Wildman–Crippen MR) is 76.2 cm³/mol.